The zero-order valence-electron chi connectivity index (χ0n) is 12.2. The lowest BCUT2D eigenvalue weighted by molar-refractivity contribution is -0.137. The molecule has 1 unspecified atom stereocenters. The third-order valence-corrected chi connectivity index (χ3v) is 4.35. The summed E-state index contributed by atoms with van der Waals surface area (Å²) < 4.78 is 0. The van der Waals surface area contributed by atoms with Crippen LogP contribution in [0.25, 0.3) is 0 Å². The zero-order valence-corrected chi connectivity index (χ0v) is 12.2. The fourth-order valence-corrected chi connectivity index (χ4v) is 3.00. The fraction of sp³-hybridized carbons (Fsp3) is 0.867. The van der Waals surface area contributed by atoms with Crippen LogP contribution in [0.3, 0.4) is 0 Å². The van der Waals surface area contributed by atoms with Gasteiger partial charge in [-0.1, -0.05) is 13.3 Å². The van der Waals surface area contributed by atoms with Gasteiger partial charge >= 0.3 is 12.0 Å². The second-order valence-electron chi connectivity index (χ2n) is 6.28. The van der Waals surface area contributed by atoms with Gasteiger partial charge in [0.2, 0.25) is 0 Å². The van der Waals surface area contributed by atoms with Crippen molar-refractivity contribution in [3.8, 4) is 0 Å². The molecule has 0 aliphatic heterocycles. The molecule has 0 saturated heterocycles. The Balaban J connectivity index is 1.70. The Labute approximate surface area is 120 Å². The predicted octanol–water partition coefficient (Wildman–Crippen LogP) is 2.37. The van der Waals surface area contributed by atoms with Crippen molar-refractivity contribution in [2.75, 3.05) is 6.54 Å². The minimum absolute atomic E-state index is 0.00403. The average molecular weight is 282 g/mol. The molecule has 20 heavy (non-hydrogen) atoms. The molecular weight excluding hydrogens is 256 g/mol. The van der Waals surface area contributed by atoms with Gasteiger partial charge in [0.25, 0.3) is 0 Å². The quantitative estimate of drug-likeness (QED) is 0.607. The molecule has 1 atom stereocenters. The van der Waals surface area contributed by atoms with Crippen LogP contribution in [0.4, 0.5) is 4.79 Å². The highest BCUT2D eigenvalue weighted by atomic mass is 16.4. The molecule has 3 N–H and O–H groups in total. The molecule has 5 heteroatoms. The second-order valence-corrected chi connectivity index (χ2v) is 6.28. The van der Waals surface area contributed by atoms with Crippen LogP contribution < -0.4 is 10.6 Å². The summed E-state index contributed by atoms with van der Waals surface area (Å²) in [6, 6.07) is -0.478. The minimum atomic E-state index is -0.863. The summed E-state index contributed by atoms with van der Waals surface area (Å²) in [6.45, 7) is 2.73. The molecule has 2 aliphatic rings. The van der Waals surface area contributed by atoms with Gasteiger partial charge in [-0.25, -0.2) is 4.79 Å². The van der Waals surface area contributed by atoms with Crippen LogP contribution in [0.2, 0.25) is 0 Å². The van der Waals surface area contributed by atoms with E-state index in [1.54, 1.807) is 0 Å². The third-order valence-electron chi connectivity index (χ3n) is 4.35. The number of carboxylic acid groups (broad SMARTS) is 1. The number of urea groups is 1. The van der Waals surface area contributed by atoms with E-state index in [1.807, 2.05) is 6.92 Å². The van der Waals surface area contributed by atoms with Crippen LogP contribution in [0.1, 0.15) is 51.9 Å². The summed E-state index contributed by atoms with van der Waals surface area (Å²) in [6.07, 6.45) is 6.79. The monoisotopic (exact) mass is 282 g/mol. The molecule has 5 nitrogen and oxygen atoms in total. The predicted molar refractivity (Wildman–Crippen MR) is 76.4 cm³/mol. The SMILES string of the molecule is CCCC(CC(=O)O)NC(=O)NCC(C1CC1)C1CC1. The highest BCUT2D eigenvalue weighted by Gasteiger charge is 2.41. The number of aliphatic carboxylic acids is 1. The molecule has 0 aromatic rings. The molecule has 0 aromatic heterocycles. The molecule has 0 spiro atoms. The zero-order chi connectivity index (χ0) is 14.5. The van der Waals surface area contributed by atoms with Crippen LogP contribution in [0, 0.1) is 17.8 Å². The van der Waals surface area contributed by atoms with Gasteiger partial charge in [0.1, 0.15) is 0 Å². The Morgan fingerprint density at radius 2 is 1.80 bits per heavy atom. The summed E-state index contributed by atoms with van der Waals surface area (Å²) in [7, 11) is 0. The van der Waals surface area contributed by atoms with Gasteiger partial charge in [-0.2, -0.15) is 0 Å². The maximum Gasteiger partial charge on any atom is 0.315 e. The topological polar surface area (TPSA) is 78.4 Å². The molecule has 2 amide bonds. The summed E-state index contributed by atoms with van der Waals surface area (Å²) in [5.74, 6) is 1.41. The summed E-state index contributed by atoms with van der Waals surface area (Å²) in [4.78, 5) is 22.6. The molecule has 0 bridgehead atoms. The molecule has 2 fully saturated rings. The van der Waals surface area contributed by atoms with Crippen molar-refractivity contribution in [3.63, 3.8) is 0 Å². The van der Waals surface area contributed by atoms with Crippen LogP contribution in [-0.4, -0.2) is 29.7 Å². The smallest absolute Gasteiger partial charge is 0.315 e. The molecule has 2 rings (SSSR count). The van der Waals surface area contributed by atoms with E-state index in [2.05, 4.69) is 10.6 Å². The Hall–Kier alpha value is -1.26. The van der Waals surface area contributed by atoms with Gasteiger partial charge in [0, 0.05) is 12.6 Å². The summed E-state index contributed by atoms with van der Waals surface area (Å²) >= 11 is 0. The third kappa shape index (κ3) is 5.02. The maximum absolute atomic E-state index is 11.9. The number of hydrogen-bond acceptors (Lipinski definition) is 2. The van der Waals surface area contributed by atoms with E-state index in [0.717, 1.165) is 24.8 Å². The van der Waals surface area contributed by atoms with Gasteiger partial charge in [-0.05, 0) is 49.9 Å². The van der Waals surface area contributed by atoms with E-state index < -0.39 is 5.97 Å². The lowest BCUT2D eigenvalue weighted by atomic mass is 9.98. The number of amides is 2. The molecule has 2 saturated carbocycles. The Bertz CT molecular complexity index is 339. The number of hydrogen-bond donors (Lipinski definition) is 3. The molecular formula is C15H26N2O3. The fourth-order valence-electron chi connectivity index (χ4n) is 3.00. The first-order valence-corrected chi connectivity index (χ1v) is 7.86. The van der Waals surface area contributed by atoms with Crippen LogP contribution in [0.5, 0.6) is 0 Å². The van der Waals surface area contributed by atoms with Gasteiger partial charge in [0.15, 0.2) is 0 Å². The Morgan fingerprint density at radius 1 is 1.20 bits per heavy atom. The van der Waals surface area contributed by atoms with Crippen molar-refractivity contribution in [1.29, 1.82) is 0 Å². The number of carboxylic acids is 1. The molecule has 114 valence electrons. The van der Waals surface area contributed by atoms with Crippen molar-refractivity contribution in [2.45, 2.75) is 57.9 Å². The Morgan fingerprint density at radius 3 is 2.25 bits per heavy atom. The van der Waals surface area contributed by atoms with Crippen molar-refractivity contribution in [3.05, 3.63) is 0 Å². The average Bonchev–Trinajstić information content (AvgIpc) is 3.23. The first-order chi connectivity index (χ1) is 9.60. The lowest BCUT2D eigenvalue weighted by Gasteiger charge is -2.20. The van der Waals surface area contributed by atoms with Crippen LogP contribution >= 0.6 is 0 Å². The molecule has 2 aliphatic carbocycles. The van der Waals surface area contributed by atoms with Crippen LogP contribution in [0.15, 0.2) is 0 Å². The van der Waals surface area contributed by atoms with E-state index in [1.165, 1.54) is 25.7 Å². The van der Waals surface area contributed by atoms with Crippen LogP contribution in [-0.2, 0) is 4.79 Å². The minimum Gasteiger partial charge on any atom is -0.481 e. The first kappa shape index (κ1) is 15.1. The summed E-state index contributed by atoms with van der Waals surface area (Å²) in [5.41, 5.74) is 0. The highest BCUT2D eigenvalue weighted by Crippen LogP contribution is 2.48. The lowest BCUT2D eigenvalue weighted by Crippen LogP contribution is -2.44. The number of rotatable bonds is 9. The van der Waals surface area contributed by atoms with Gasteiger partial charge in [0.05, 0.1) is 6.42 Å². The normalized spacial score (nSPS) is 19.7. The van der Waals surface area contributed by atoms with E-state index in [9.17, 15) is 9.59 Å². The maximum atomic E-state index is 11.9. The van der Waals surface area contributed by atoms with E-state index >= 15 is 0 Å². The summed E-state index contributed by atoms with van der Waals surface area (Å²) in [5, 5.41) is 14.6. The van der Waals surface area contributed by atoms with Gasteiger partial charge in [-0.15, -0.1) is 0 Å². The molecule has 0 heterocycles. The van der Waals surface area contributed by atoms with E-state index in [-0.39, 0.29) is 18.5 Å². The van der Waals surface area contributed by atoms with Gasteiger partial charge < -0.3 is 15.7 Å². The standard InChI is InChI=1S/C15H26N2O3/c1-2-3-12(8-14(18)19)17-15(20)16-9-13(10-4-5-10)11-6-7-11/h10-13H,2-9H2,1H3,(H,18,19)(H2,16,17,20). The number of nitrogens with one attached hydrogen (secondary N) is 2. The number of carbonyl (C=O) groups is 2. The molecule has 0 radical (unpaired) electrons. The Kier molecular flexibility index (Phi) is 5.26. The van der Waals surface area contributed by atoms with Gasteiger partial charge in [-0.3, -0.25) is 4.79 Å². The largest absolute Gasteiger partial charge is 0.481 e. The first-order valence-electron chi connectivity index (χ1n) is 7.86. The highest BCUT2D eigenvalue weighted by molar-refractivity contribution is 5.75. The van der Waals surface area contributed by atoms with E-state index in [4.69, 9.17) is 5.11 Å². The van der Waals surface area contributed by atoms with Crippen molar-refractivity contribution in [2.24, 2.45) is 17.8 Å². The molecule has 0 aromatic carbocycles. The van der Waals surface area contributed by atoms with Crippen molar-refractivity contribution in [1.82, 2.24) is 10.6 Å². The van der Waals surface area contributed by atoms with Crippen molar-refractivity contribution >= 4 is 12.0 Å². The van der Waals surface area contributed by atoms with Crippen molar-refractivity contribution < 1.29 is 14.7 Å². The second kappa shape index (κ2) is 6.95. The number of carbonyl (C=O) groups excluding carboxylic acids is 1. The van der Waals surface area contributed by atoms with E-state index in [0.29, 0.717) is 12.3 Å².